The van der Waals surface area contributed by atoms with Crippen LogP contribution in [-0.2, 0) is 10.0 Å². The first kappa shape index (κ1) is 17.7. The highest BCUT2D eigenvalue weighted by molar-refractivity contribution is 7.92. The van der Waals surface area contributed by atoms with Gasteiger partial charge in [0.15, 0.2) is 11.5 Å². The second-order valence-corrected chi connectivity index (χ2v) is 6.97. The molecule has 8 heteroatoms. The number of hydrogen-bond acceptors (Lipinski definition) is 4. The fourth-order valence-electron chi connectivity index (χ4n) is 1.90. The summed E-state index contributed by atoms with van der Waals surface area (Å²) >= 11 is 11.8. The van der Waals surface area contributed by atoms with Crippen LogP contribution >= 0.6 is 23.2 Å². The summed E-state index contributed by atoms with van der Waals surface area (Å²) < 4.78 is 37.9. The maximum absolute atomic E-state index is 12.5. The Morgan fingerprint density at radius 1 is 1.09 bits per heavy atom. The van der Waals surface area contributed by atoms with Gasteiger partial charge < -0.3 is 9.47 Å². The van der Waals surface area contributed by atoms with Gasteiger partial charge >= 0.3 is 0 Å². The molecule has 124 valence electrons. The van der Waals surface area contributed by atoms with E-state index >= 15 is 0 Å². The molecule has 0 saturated heterocycles. The lowest BCUT2D eigenvalue weighted by Gasteiger charge is -2.13. The van der Waals surface area contributed by atoms with Gasteiger partial charge in [-0.3, -0.25) is 4.72 Å². The molecule has 23 heavy (non-hydrogen) atoms. The van der Waals surface area contributed by atoms with E-state index in [1.54, 1.807) is 12.1 Å². The second-order valence-electron chi connectivity index (χ2n) is 4.48. The molecule has 0 aliphatic heterocycles. The summed E-state index contributed by atoms with van der Waals surface area (Å²) in [7, 11) is -2.40. The van der Waals surface area contributed by atoms with Crippen molar-refractivity contribution in [3.8, 4) is 11.5 Å². The van der Waals surface area contributed by atoms with Crippen LogP contribution in [0.25, 0.3) is 0 Å². The molecule has 0 unspecified atom stereocenters. The van der Waals surface area contributed by atoms with Gasteiger partial charge in [0.2, 0.25) is 0 Å². The fourth-order valence-corrected chi connectivity index (χ4v) is 3.71. The number of sulfonamides is 1. The van der Waals surface area contributed by atoms with E-state index in [0.29, 0.717) is 23.8 Å². The third kappa shape index (κ3) is 4.22. The molecule has 0 heterocycles. The van der Waals surface area contributed by atoms with Gasteiger partial charge in [-0.05, 0) is 37.3 Å². The Kier molecular flexibility index (Phi) is 5.62. The normalized spacial score (nSPS) is 11.1. The van der Waals surface area contributed by atoms with Crippen LogP contribution in [0, 0.1) is 0 Å². The molecule has 0 aliphatic carbocycles. The number of rotatable bonds is 6. The van der Waals surface area contributed by atoms with E-state index in [-0.39, 0.29) is 14.9 Å². The molecule has 0 aromatic heterocycles. The molecule has 0 amide bonds. The molecule has 2 aromatic carbocycles. The van der Waals surface area contributed by atoms with E-state index in [4.69, 9.17) is 32.7 Å². The number of methoxy groups -OCH3 is 1. The van der Waals surface area contributed by atoms with Crippen LogP contribution < -0.4 is 14.2 Å². The summed E-state index contributed by atoms with van der Waals surface area (Å²) in [6, 6.07) is 8.96. The Balaban J connectivity index is 2.35. The average Bonchev–Trinajstić information content (AvgIpc) is 2.51. The zero-order valence-corrected chi connectivity index (χ0v) is 14.8. The highest BCUT2D eigenvalue weighted by Crippen LogP contribution is 2.32. The van der Waals surface area contributed by atoms with Gasteiger partial charge in [0, 0.05) is 11.1 Å². The van der Waals surface area contributed by atoms with Gasteiger partial charge in [-0.25, -0.2) is 8.42 Å². The van der Waals surface area contributed by atoms with Gasteiger partial charge in [-0.2, -0.15) is 0 Å². The highest BCUT2D eigenvalue weighted by atomic mass is 35.5. The third-order valence-electron chi connectivity index (χ3n) is 2.90. The van der Waals surface area contributed by atoms with Crippen LogP contribution in [0.4, 0.5) is 5.69 Å². The van der Waals surface area contributed by atoms with Crippen molar-refractivity contribution in [2.45, 2.75) is 11.8 Å². The zero-order valence-electron chi connectivity index (χ0n) is 12.5. The van der Waals surface area contributed by atoms with Crippen LogP contribution in [0.1, 0.15) is 6.92 Å². The number of anilines is 1. The largest absolute Gasteiger partial charge is 0.493 e. The topological polar surface area (TPSA) is 64.6 Å². The first-order valence-corrected chi connectivity index (χ1v) is 8.90. The molecule has 1 N–H and O–H groups in total. The summed E-state index contributed by atoms with van der Waals surface area (Å²) in [5, 5.41) is 0.360. The minimum absolute atomic E-state index is 0.0831. The minimum Gasteiger partial charge on any atom is -0.493 e. The fraction of sp³-hybridized carbons (Fsp3) is 0.200. The van der Waals surface area contributed by atoms with Gasteiger partial charge in [-0.1, -0.05) is 23.2 Å². The Labute approximate surface area is 145 Å². The summed E-state index contributed by atoms with van der Waals surface area (Å²) in [6.07, 6.45) is 0. The number of halogens is 2. The summed E-state index contributed by atoms with van der Waals surface area (Å²) in [4.78, 5) is -0.0977. The maximum atomic E-state index is 12.5. The van der Waals surface area contributed by atoms with Crippen LogP contribution in [0.2, 0.25) is 10.0 Å². The van der Waals surface area contributed by atoms with Crippen molar-refractivity contribution in [3.63, 3.8) is 0 Å². The second kappa shape index (κ2) is 7.29. The van der Waals surface area contributed by atoms with E-state index in [2.05, 4.69) is 4.72 Å². The lowest BCUT2D eigenvalue weighted by Crippen LogP contribution is -2.13. The summed E-state index contributed by atoms with van der Waals surface area (Å²) in [5.41, 5.74) is 0.321. The first-order valence-electron chi connectivity index (χ1n) is 6.66. The van der Waals surface area contributed by atoms with Crippen molar-refractivity contribution in [2.24, 2.45) is 0 Å². The van der Waals surface area contributed by atoms with Gasteiger partial charge in [0.1, 0.15) is 4.90 Å². The molecular weight excluding hydrogens is 361 g/mol. The molecule has 2 aromatic rings. The quantitative estimate of drug-likeness (QED) is 0.821. The molecule has 0 radical (unpaired) electrons. The molecular formula is C15H15Cl2NO4S. The minimum atomic E-state index is -3.88. The Hall–Kier alpha value is -1.63. The standard InChI is InChI=1S/C15H15Cl2NO4S/c1-3-22-13-7-5-11(9-14(13)21-2)18-23(19,20)15-8-10(16)4-6-12(15)17/h4-9,18H,3H2,1-2H3. The maximum Gasteiger partial charge on any atom is 0.263 e. The molecule has 0 saturated carbocycles. The van der Waals surface area contributed by atoms with Crippen molar-refractivity contribution in [1.82, 2.24) is 0 Å². The molecule has 0 fully saturated rings. The van der Waals surface area contributed by atoms with E-state index in [0.717, 1.165) is 0 Å². The number of hydrogen-bond donors (Lipinski definition) is 1. The molecule has 2 rings (SSSR count). The van der Waals surface area contributed by atoms with E-state index < -0.39 is 10.0 Å². The van der Waals surface area contributed by atoms with Crippen LogP contribution in [0.15, 0.2) is 41.3 Å². The molecule has 0 bridgehead atoms. The van der Waals surface area contributed by atoms with E-state index in [1.807, 2.05) is 6.92 Å². The van der Waals surface area contributed by atoms with Crippen molar-refractivity contribution < 1.29 is 17.9 Å². The third-order valence-corrected chi connectivity index (χ3v) is 5.00. The molecule has 0 atom stereocenters. The van der Waals surface area contributed by atoms with Crippen molar-refractivity contribution in [3.05, 3.63) is 46.4 Å². The van der Waals surface area contributed by atoms with Gasteiger partial charge in [0.25, 0.3) is 10.0 Å². The number of ether oxygens (including phenoxy) is 2. The lowest BCUT2D eigenvalue weighted by molar-refractivity contribution is 0.311. The van der Waals surface area contributed by atoms with Crippen LogP contribution in [-0.4, -0.2) is 22.1 Å². The monoisotopic (exact) mass is 375 g/mol. The zero-order chi connectivity index (χ0) is 17.0. The van der Waals surface area contributed by atoms with Gasteiger partial charge in [-0.15, -0.1) is 0 Å². The van der Waals surface area contributed by atoms with Crippen LogP contribution in [0.5, 0.6) is 11.5 Å². The van der Waals surface area contributed by atoms with E-state index in [9.17, 15) is 8.42 Å². The number of nitrogens with one attached hydrogen (secondary N) is 1. The van der Waals surface area contributed by atoms with Crippen molar-refractivity contribution in [1.29, 1.82) is 0 Å². The Morgan fingerprint density at radius 3 is 2.48 bits per heavy atom. The van der Waals surface area contributed by atoms with Crippen molar-refractivity contribution in [2.75, 3.05) is 18.4 Å². The SMILES string of the molecule is CCOc1ccc(NS(=O)(=O)c2cc(Cl)ccc2Cl)cc1OC. The number of benzene rings is 2. The Bertz CT molecular complexity index is 809. The lowest BCUT2D eigenvalue weighted by atomic mass is 10.3. The molecule has 0 spiro atoms. The van der Waals surface area contributed by atoms with E-state index in [1.165, 1.54) is 31.4 Å². The summed E-state index contributed by atoms with van der Waals surface area (Å²) in [6.45, 7) is 2.32. The van der Waals surface area contributed by atoms with Crippen molar-refractivity contribution >= 4 is 38.9 Å². The van der Waals surface area contributed by atoms with Crippen LogP contribution in [0.3, 0.4) is 0 Å². The van der Waals surface area contributed by atoms with Gasteiger partial charge in [0.05, 0.1) is 24.4 Å². The smallest absolute Gasteiger partial charge is 0.263 e. The summed E-state index contributed by atoms with van der Waals surface area (Å²) in [5.74, 6) is 0.947. The Morgan fingerprint density at radius 2 is 1.83 bits per heavy atom. The first-order chi connectivity index (χ1) is 10.9. The average molecular weight is 376 g/mol. The predicted octanol–water partition coefficient (Wildman–Crippen LogP) is 4.20. The highest BCUT2D eigenvalue weighted by Gasteiger charge is 2.19. The molecule has 5 nitrogen and oxygen atoms in total. The predicted molar refractivity (Wildman–Crippen MR) is 91.4 cm³/mol. The molecule has 0 aliphatic rings.